The fourth-order valence-corrected chi connectivity index (χ4v) is 4.41. The maximum absolute atomic E-state index is 4.60. The van der Waals surface area contributed by atoms with E-state index >= 15 is 0 Å². The average molecular weight is 370 g/mol. The third kappa shape index (κ3) is 3.83. The third-order valence-electron chi connectivity index (χ3n) is 6.21. The lowest BCUT2D eigenvalue weighted by molar-refractivity contribution is 0.213. The van der Waals surface area contributed by atoms with Gasteiger partial charge in [0.25, 0.3) is 0 Å². The molecule has 0 spiro atoms. The van der Waals surface area contributed by atoms with Gasteiger partial charge in [0.05, 0.1) is 6.54 Å². The van der Waals surface area contributed by atoms with E-state index in [0.717, 1.165) is 55.6 Å². The van der Waals surface area contributed by atoms with Crippen molar-refractivity contribution in [1.29, 1.82) is 0 Å². The van der Waals surface area contributed by atoms with Gasteiger partial charge in [-0.2, -0.15) is 0 Å². The maximum Gasteiger partial charge on any atom is 0.146 e. The van der Waals surface area contributed by atoms with Crippen molar-refractivity contribution in [3.63, 3.8) is 0 Å². The molecule has 7 heteroatoms. The first-order chi connectivity index (χ1) is 13.1. The number of likely N-dealkylation sites (tertiary alicyclic amines) is 1. The zero-order valence-electron chi connectivity index (χ0n) is 16.9. The predicted molar refractivity (Wildman–Crippen MR) is 106 cm³/mol. The van der Waals surface area contributed by atoms with E-state index in [9.17, 15) is 0 Å². The van der Waals surface area contributed by atoms with Crippen LogP contribution in [0.3, 0.4) is 0 Å². The number of rotatable bonds is 4. The van der Waals surface area contributed by atoms with E-state index in [0.29, 0.717) is 5.92 Å². The molecule has 0 bridgehead atoms. The van der Waals surface area contributed by atoms with Crippen molar-refractivity contribution >= 4 is 5.82 Å². The number of anilines is 1. The summed E-state index contributed by atoms with van der Waals surface area (Å²) in [7, 11) is 2.13. The molecule has 0 N–H and O–H groups in total. The monoisotopic (exact) mass is 369 g/mol. The molecular weight excluding hydrogens is 338 g/mol. The molecule has 0 aliphatic carbocycles. The molecule has 7 nitrogen and oxygen atoms in total. The summed E-state index contributed by atoms with van der Waals surface area (Å²) in [5.74, 6) is 3.69. The lowest BCUT2D eigenvalue weighted by Crippen LogP contribution is -2.36. The van der Waals surface area contributed by atoms with Crippen molar-refractivity contribution in [3.8, 4) is 0 Å². The van der Waals surface area contributed by atoms with Gasteiger partial charge in [-0.25, -0.2) is 9.97 Å². The van der Waals surface area contributed by atoms with Gasteiger partial charge in [0, 0.05) is 37.3 Å². The molecule has 4 rings (SSSR count). The van der Waals surface area contributed by atoms with Crippen LogP contribution in [0.5, 0.6) is 0 Å². The normalized spacial score (nSPS) is 21.6. The molecule has 2 fully saturated rings. The fraction of sp³-hybridized carbons (Fsp3) is 0.700. The van der Waals surface area contributed by atoms with Crippen molar-refractivity contribution < 1.29 is 0 Å². The van der Waals surface area contributed by atoms with Gasteiger partial charge in [-0.1, -0.05) is 6.42 Å². The van der Waals surface area contributed by atoms with Crippen LogP contribution in [0.15, 0.2) is 6.33 Å². The summed E-state index contributed by atoms with van der Waals surface area (Å²) < 4.78 is 2.24. The second-order valence-corrected chi connectivity index (χ2v) is 8.06. The molecule has 2 saturated heterocycles. The Labute approximate surface area is 161 Å². The van der Waals surface area contributed by atoms with Gasteiger partial charge in [-0.15, -0.1) is 10.2 Å². The first-order valence-corrected chi connectivity index (χ1v) is 10.3. The van der Waals surface area contributed by atoms with Crippen LogP contribution in [-0.2, 0) is 13.6 Å². The Morgan fingerprint density at radius 2 is 1.81 bits per heavy atom. The smallest absolute Gasteiger partial charge is 0.146 e. The summed E-state index contributed by atoms with van der Waals surface area (Å²) in [4.78, 5) is 13.8. The summed E-state index contributed by atoms with van der Waals surface area (Å²) in [6.07, 6.45) is 7.97. The Bertz CT molecular complexity index is 779. The van der Waals surface area contributed by atoms with Gasteiger partial charge in [-0.05, 0) is 52.6 Å². The minimum absolute atomic E-state index is 0.404. The van der Waals surface area contributed by atoms with Crippen LogP contribution >= 0.6 is 0 Å². The van der Waals surface area contributed by atoms with Crippen LogP contribution in [-0.4, -0.2) is 55.8 Å². The molecule has 0 saturated carbocycles. The Morgan fingerprint density at radius 1 is 1.00 bits per heavy atom. The summed E-state index contributed by atoms with van der Waals surface area (Å²) in [6.45, 7) is 9.46. The number of aryl methyl sites for hydroxylation is 1. The predicted octanol–water partition coefficient (Wildman–Crippen LogP) is 2.59. The number of aromatic nitrogens is 5. The van der Waals surface area contributed by atoms with Crippen LogP contribution in [0, 0.1) is 13.8 Å². The second-order valence-electron chi connectivity index (χ2n) is 8.06. The minimum Gasteiger partial charge on any atom is -0.356 e. The van der Waals surface area contributed by atoms with E-state index in [4.69, 9.17) is 0 Å². The maximum atomic E-state index is 4.60. The molecule has 4 heterocycles. The number of hydrogen-bond acceptors (Lipinski definition) is 6. The molecule has 1 unspecified atom stereocenters. The summed E-state index contributed by atoms with van der Waals surface area (Å²) in [5.41, 5.74) is 2.24. The van der Waals surface area contributed by atoms with Crippen LogP contribution in [0.25, 0.3) is 0 Å². The van der Waals surface area contributed by atoms with Gasteiger partial charge in [0.15, 0.2) is 0 Å². The lowest BCUT2D eigenvalue weighted by Gasteiger charge is -2.34. The molecule has 2 aromatic heterocycles. The highest BCUT2D eigenvalue weighted by molar-refractivity contribution is 5.48. The first kappa shape index (κ1) is 18.3. The van der Waals surface area contributed by atoms with Gasteiger partial charge in [-0.3, -0.25) is 4.90 Å². The molecule has 2 aliphatic rings. The second kappa shape index (κ2) is 7.92. The Kier molecular flexibility index (Phi) is 5.38. The lowest BCUT2D eigenvalue weighted by atomic mass is 9.96. The molecule has 2 aliphatic heterocycles. The van der Waals surface area contributed by atoms with Crippen molar-refractivity contribution in [1.82, 2.24) is 29.6 Å². The topological polar surface area (TPSA) is 63.0 Å². The van der Waals surface area contributed by atoms with Crippen LogP contribution in [0.1, 0.15) is 60.9 Å². The zero-order valence-corrected chi connectivity index (χ0v) is 16.9. The molecule has 1 atom stereocenters. The highest BCUT2D eigenvalue weighted by atomic mass is 15.3. The first-order valence-electron chi connectivity index (χ1n) is 10.3. The van der Waals surface area contributed by atoms with Gasteiger partial charge in [0.1, 0.15) is 23.8 Å². The van der Waals surface area contributed by atoms with E-state index in [1.807, 2.05) is 0 Å². The largest absolute Gasteiger partial charge is 0.356 e. The highest BCUT2D eigenvalue weighted by Crippen LogP contribution is 2.30. The van der Waals surface area contributed by atoms with Crippen molar-refractivity contribution in [2.45, 2.75) is 58.4 Å². The Hall–Kier alpha value is -2.02. The molecule has 0 aromatic carbocycles. The molecule has 2 aromatic rings. The SMILES string of the molecule is Cc1ncnc(N2CCCC(c3nnc(CN4CCCCC4)n3C)C2)c1C. The van der Waals surface area contributed by atoms with Crippen LogP contribution in [0.2, 0.25) is 0 Å². The minimum atomic E-state index is 0.404. The molecule has 0 amide bonds. The number of hydrogen-bond donors (Lipinski definition) is 0. The zero-order chi connectivity index (χ0) is 18.8. The van der Waals surface area contributed by atoms with E-state index in [1.54, 1.807) is 6.33 Å². The van der Waals surface area contributed by atoms with Crippen molar-refractivity contribution in [2.24, 2.45) is 7.05 Å². The van der Waals surface area contributed by atoms with Crippen LogP contribution < -0.4 is 4.90 Å². The Morgan fingerprint density at radius 3 is 2.63 bits per heavy atom. The van der Waals surface area contributed by atoms with Gasteiger partial charge in [0.2, 0.25) is 0 Å². The van der Waals surface area contributed by atoms with Crippen LogP contribution in [0.4, 0.5) is 5.82 Å². The van der Waals surface area contributed by atoms with Gasteiger partial charge < -0.3 is 9.47 Å². The van der Waals surface area contributed by atoms with Crippen molar-refractivity contribution in [2.75, 3.05) is 31.1 Å². The quantitative estimate of drug-likeness (QED) is 0.825. The van der Waals surface area contributed by atoms with E-state index < -0.39 is 0 Å². The third-order valence-corrected chi connectivity index (χ3v) is 6.21. The van der Waals surface area contributed by atoms with Crippen molar-refractivity contribution in [3.05, 3.63) is 29.2 Å². The van der Waals surface area contributed by atoms with Gasteiger partial charge >= 0.3 is 0 Å². The summed E-state index contributed by atoms with van der Waals surface area (Å²) >= 11 is 0. The van der Waals surface area contributed by atoms with E-state index in [-0.39, 0.29) is 0 Å². The summed E-state index contributed by atoms with van der Waals surface area (Å²) in [5, 5.41) is 9.14. The molecular formula is C20H31N7. The number of nitrogens with zero attached hydrogens (tertiary/aromatic N) is 7. The van der Waals surface area contributed by atoms with E-state index in [2.05, 4.69) is 55.4 Å². The summed E-state index contributed by atoms with van der Waals surface area (Å²) in [6, 6.07) is 0. The average Bonchev–Trinajstić information content (AvgIpc) is 3.05. The molecule has 0 radical (unpaired) electrons. The molecule has 146 valence electrons. The number of piperidine rings is 2. The molecule has 27 heavy (non-hydrogen) atoms. The van der Waals surface area contributed by atoms with E-state index in [1.165, 1.54) is 37.9 Å². The Balaban J connectivity index is 1.49. The highest BCUT2D eigenvalue weighted by Gasteiger charge is 2.28. The standard InChI is InChI=1S/C20H31N7/c1-15-16(2)21-14-22-19(15)27-11-7-8-17(12-27)20-24-23-18(25(20)3)13-26-9-5-4-6-10-26/h14,17H,4-13H2,1-3H3. The fourth-order valence-electron chi connectivity index (χ4n) is 4.41.